The third kappa shape index (κ3) is 14.9. The van der Waals surface area contributed by atoms with Gasteiger partial charge in [0.1, 0.15) is 34.2 Å². The maximum Gasteiger partial charge on any atom is 0.283 e. The normalized spacial score (nSPS) is 23.1. The molecule has 0 radical (unpaired) electrons. The molecule has 21 heteroatoms. The number of hydrogen-bond acceptors (Lipinski definition) is 15. The fourth-order valence-corrected chi connectivity index (χ4v) is 17.8. The van der Waals surface area contributed by atoms with Crippen LogP contribution < -0.4 is 27.8 Å². The highest BCUT2D eigenvalue weighted by Crippen LogP contribution is 2.55. The zero-order chi connectivity index (χ0) is 62.3. The molecule has 8 N–H and O–H groups in total. The Hall–Kier alpha value is -7.36. The molecule has 3 saturated carbocycles. The summed E-state index contributed by atoms with van der Waals surface area (Å²) < 4.78 is 35.9. The highest BCUT2D eigenvalue weighted by molar-refractivity contribution is 8.15. The number of thiophene rings is 1. The van der Waals surface area contributed by atoms with Crippen LogP contribution in [0.15, 0.2) is 118 Å². The first-order chi connectivity index (χ1) is 42.1. The zero-order valence-electron chi connectivity index (χ0n) is 50.0. The number of aliphatic imine (C=N–C) groups is 3. The number of amides is 2. The van der Waals surface area contributed by atoms with Gasteiger partial charge in [-0.1, -0.05) is 92.1 Å². The number of pyridine rings is 3. The van der Waals surface area contributed by atoms with E-state index >= 15 is 0 Å². The molecular formula is C67H73ClF2N12O3S3. The number of nitrogens with zero attached hydrogens (tertiary/aromatic N) is 7. The van der Waals surface area contributed by atoms with Crippen molar-refractivity contribution in [1.29, 1.82) is 0 Å². The molecule has 2 aromatic carbocycles. The van der Waals surface area contributed by atoms with E-state index in [2.05, 4.69) is 76.7 Å². The van der Waals surface area contributed by atoms with Gasteiger partial charge in [-0.3, -0.25) is 29.5 Å². The Bertz CT molecular complexity index is 3770. The van der Waals surface area contributed by atoms with Gasteiger partial charge >= 0.3 is 0 Å². The molecule has 12 rings (SSSR count). The fourth-order valence-electron chi connectivity index (χ4n) is 13.5. The highest BCUT2D eigenvalue weighted by atomic mass is 35.5. The molecule has 6 aliphatic rings. The van der Waals surface area contributed by atoms with Crippen molar-refractivity contribution in [3.63, 3.8) is 0 Å². The first-order valence-corrected chi connectivity index (χ1v) is 32.8. The minimum absolute atomic E-state index is 0.00223. The highest BCUT2D eigenvalue weighted by Gasteiger charge is 2.49. The van der Waals surface area contributed by atoms with Crippen molar-refractivity contribution in [2.45, 2.75) is 175 Å². The van der Waals surface area contributed by atoms with E-state index in [-0.39, 0.29) is 49.6 Å². The van der Waals surface area contributed by atoms with Crippen LogP contribution in [0.25, 0.3) is 16.0 Å². The monoisotopic (exact) mass is 1260 g/mol. The molecule has 3 fully saturated rings. The molecule has 0 bridgehead atoms. The maximum atomic E-state index is 15.0. The van der Waals surface area contributed by atoms with Crippen molar-refractivity contribution in [2.24, 2.45) is 32.2 Å². The van der Waals surface area contributed by atoms with E-state index in [1.54, 1.807) is 65.3 Å². The molecule has 6 aromatic rings. The number of nitrogens with two attached hydrogens (primary N) is 3. The van der Waals surface area contributed by atoms with Crippen LogP contribution in [-0.2, 0) is 21.4 Å². The molecule has 7 heterocycles. The second-order valence-electron chi connectivity index (χ2n) is 24.4. The summed E-state index contributed by atoms with van der Waals surface area (Å²) in [4.78, 5) is 56.0. The average molecular weight is 1260 g/mol. The summed E-state index contributed by atoms with van der Waals surface area (Å²) >= 11 is 10.8. The second kappa shape index (κ2) is 26.8. The van der Waals surface area contributed by atoms with Crippen LogP contribution in [-0.4, -0.2) is 58.2 Å². The quantitative estimate of drug-likeness (QED) is 0.0711. The van der Waals surface area contributed by atoms with Crippen LogP contribution in [0.4, 0.5) is 25.8 Å². The van der Waals surface area contributed by atoms with Gasteiger partial charge in [0.2, 0.25) is 5.69 Å². The Balaban J connectivity index is 0.000000146. The lowest BCUT2D eigenvalue weighted by Crippen LogP contribution is -2.49. The van der Waals surface area contributed by atoms with Gasteiger partial charge in [0.25, 0.3) is 17.8 Å². The van der Waals surface area contributed by atoms with E-state index in [0.29, 0.717) is 56.0 Å². The molecule has 3 aliphatic carbocycles. The van der Waals surface area contributed by atoms with Crippen molar-refractivity contribution in [2.75, 3.05) is 10.6 Å². The number of ether oxygens (including phenoxy) is 1. The third-order valence-corrected chi connectivity index (χ3v) is 21.5. The van der Waals surface area contributed by atoms with Crippen LogP contribution in [0.1, 0.15) is 186 Å². The number of amidine groups is 3. The molecular weight excluding hydrogens is 1190 g/mol. The van der Waals surface area contributed by atoms with Crippen LogP contribution in [0.2, 0.25) is 5.02 Å². The molecule has 3 spiro atoms. The first-order valence-electron chi connectivity index (χ1n) is 29.9. The predicted octanol–water partition coefficient (Wildman–Crippen LogP) is 15.7. The SMILES string of the molecule is CC#Cc1cncc(-c2csc(C3(C)CC4(CCCCC4)OC(N)=N3)c2)c1.CC1(c2cc(NC(=O)c3ccc(Cl)cn3)ccc2F)CC2(CCCCC2)SC(N)=N1.[C-]#[N+]c1ccc(C(=O)Nc2ccc(F)c(C3(C)CC4(CCCCC4)SC(N)=N3)c2)nc1. The van der Waals surface area contributed by atoms with Gasteiger partial charge in [-0.2, -0.15) is 0 Å². The Morgan fingerprint density at radius 2 is 1.17 bits per heavy atom. The van der Waals surface area contributed by atoms with Crippen molar-refractivity contribution < 1.29 is 23.1 Å². The van der Waals surface area contributed by atoms with Crippen LogP contribution in [0.3, 0.4) is 0 Å². The van der Waals surface area contributed by atoms with Gasteiger partial charge in [0, 0.05) is 79.2 Å². The Labute approximate surface area is 531 Å². The van der Waals surface area contributed by atoms with E-state index in [4.69, 9.17) is 45.1 Å². The number of anilines is 2. The lowest BCUT2D eigenvalue weighted by Gasteiger charge is -2.45. The van der Waals surface area contributed by atoms with E-state index in [9.17, 15) is 18.4 Å². The molecule has 3 atom stereocenters. The minimum atomic E-state index is -0.799. The number of aromatic nitrogens is 3. The van der Waals surface area contributed by atoms with Gasteiger partial charge in [-0.15, -0.1) is 17.3 Å². The second-order valence-corrected chi connectivity index (χ2v) is 28.8. The predicted molar refractivity (Wildman–Crippen MR) is 353 cm³/mol. The zero-order valence-corrected chi connectivity index (χ0v) is 53.2. The molecule has 4 aromatic heterocycles. The van der Waals surface area contributed by atoms with Crippen LogP contribution in [0, 0.1) is 30.0 Å². The molecule has 88 heavy (non-hydrogen) atoms. The minimum Gasteiger partial charge on any atom is -0.459 e. The van der Waals surface area contributed by atoms with E-state index < -0.39 is 17.0 Å². The Kier molecular flexibility index (Phi) is 19.4. The molecule has 3 unspecified atom stereocenters. The maximum absolute atomic E-state index is 15.0. The van der Waals surface area contributed by atoms with Crippen LogP contribution in [0.5, 0.6) is 0 Å². The summed E-state index contributed by atoms with van der Waals surface area (Å²) in [6.07, 6.45) is 25.9. The largest absolute Gasteiger partial charge is 0.459 e. The lowest BCUT2D eigenvalue weighted by atomic mass is 9.75. The summed E-state index contributed by atoms with van der Waals surface area (Å²) in [7, 11) is 0. The topological polar surface area (TPSA) is 226 Å². The Morgan fingerprint density at radius 1 is 0.636 bits per heavy atom. The number of carbonyl (C=O) groups is 2. The summed E-state index contributed by atoms with van der Waals surface area (Å²) in [6.45, 7) is 14.9. The van der Waals surface area contributed by atoms with Crippen molar-refractivity contribution >= 4 is 91.7 Å². The number of rotatable bonds is 8. The molecule has 3 aliphatic heterocycles. The van der Waals surface area contributed by atoms with Crippen molar-refractivity contribution in [3.05, 3.63) is 164 Å². The Morgan fingerprint density at radius 3 is 1.67 bits per heavy atom. The smallest absolute Gasteiger partial charge is 0.283 e. The van der Waals surface area contributed by atoms with E-state index in [1.807, 2.05) is 27.0 Å². The third-order valence-electron chi connectivity index (χ3n) is 17.5. The summed E-state index contributed by atoms with van der Waals surface area (Å²) in [6, 6.07) is 19.9. The average Bonchev–Trinajstić information content (AvgIpc) is 1.03. The summed E-state index contributed by atoms with van der Waals surface area (Å²) in [5, 5.41) is 9.18. The van der Waals surface area contributed by atoms with Crippen molar-refractivity contribution in [3.8, 4) is 23.0 Å². The summed E-state index contributed by atoms with van der Waals surface area (Å²) in [5.74, 6) is 4.47. The molecule has 15 nitrogen and oxygen atoms in total. The van der Waals surface area contributed by atoms with Gasteiger partial charge in [-0.05, 0) is 170 Å². The number of halogens is 3. The molecule has 458 valence electrons. The van der Waals surface area contributed by atoms with Gasteiger partial charge < -0.3 is 32.6 Å². The number of thioether (sulfide) groups is 2. The fraction of sp³-hybridized carbons (Fsp3) is 0.418. The lowest BCUT2D eigenvalue weighted by molar-refractivity contribution is -0.0245. The summed E-state index contributed by atoms with van der Waals surface area (Å²) in [5.41, 5.74) is 22.2. The van der Waals surface area contributed by atoms with E-state index in [1.165, 1.54) is 85.8 Å². The van der Waals surface area contributed by atoms with Gasteiger partial charge in [0.05, 0.1) is 22.7 Å². The van der Waals surface area contributed by atoms with Gasteiger partial charge in [0.15, 0.2) is 10.3 Å². The standard InChI is InChI=1S/C23H24FN5OS.C22H24ClFN4OS.C22H25N3OS/c1-22(14-23(31-21(25)29-22)10-4-3-5-11-23)17-12-15(6-8-18(17)24)28-20(30)19-9-7-16(26-2)13-27-19;1-21(13-22(30-20(25)28-21)9-3-2-4-10-22)16-11-15(6-7-17(16)24)27-19(29)18-8-5-14(23)12-26-18;1-3-7-16-10-17(13-24-12-16)18-11-19(27-14-18)21(2)15-22(26-20(23)25-21)8-5-4-6-9-22/h6-9,12-13H,3-5,10-11,14H2,1H3,(H2,25,29)(H,28,30);5-8,11-12H,2-4,9-10,13H2,1H3,(H2,25,28)(H,27,29);10-14H,4-6,8-9,15H2,1-2H3,(H2,23,25). The number of hydrogen-bond donors (Lipinski definition) is 5. The van der Waals surface area contributed by atoms with Gasteiger partial charge in [-0.25, -0.2) is 23.6 Å². The number of carbonyl (C=O) groups excluding carboxylic acids is 2. The van der Waals surface area contributed by atoms with E-state index in [0.717, 1.165) is 93.7 Å². The molecule has 0 saturated heterocycles. The number of benzene rings is 2. The number of nitrogens with one attached hydrogen (secondary N) is 2. The first kappa shape index (κ1) is 63.7. The van der Waals surface area contributed by atoms with Crippen molar-refractivity contribution in [1.82, 2.24) is 15.0 Å². The molecule has 2 amide bonds. The van der Waals surface area contributed by atoms with Crippen LogP contribution >= 0.6 is 46.5 Å².